The zero-order valence-electron chi connectivity index (χ0n) is 1.76. The summed E-state index contributed by atoms with van der Waals surface area (Å²) in [6, 6.07) is 0. The number of hydrogen-bond acceptors (Lipinski definition) is 1. The highest BCUT2D eigenvalue weighted by molar-refractivity contribution is 7.64. The largest absolute Gasteiger partial charge is 0.347 e. The van der Waals surface area contributed by atoms with E-state index < -0.39 is 0 Å². The molecule has 0 atom stereocenters. The zero-order valence-corrected chi connectivity index (χ0v) is 2.58. The zero-order chi connectivity index (χ0) is 3.41. The van der Waals surface area contributed by atoms with Gasteiger partial charge in [0.25, 0.3) is 0 Å². The molecule has 0 aromatic carbocycles. The van der Waals surface area contributed by atoms with Crippen molar-refractivity contribution in [2.45, 2.75) is 0 Å². The Morgan fingerprint density at radius 1 is 2.00 bits per heavy atom. The van der Waals surface area contributed by atoms with Crippen LogP contribution in [-0.2, 0) is 11.3 Å². The normalized spacial score (nSPS) is 5.25. The molecular weight excluding hydrogens is 76.1 g/mol. The van der Waals surface area contributed by atoms with E-state index in [4.69, 9.17) is 9.32 Å². The lowest BCUT2D eigenvalue weighted by Crippen LogP contribution is -1.53. The summed E-state index contributed by atoms with van der Waals surface area (Å²) in [5, 5.41) is 7.28. The van der Waals surface area contributed by atoms with E-state index in [1.54, 1.807) is 0 Å². The SMILES string of the molecule is O=S=[C]O. The van der Waals surface area contributed by atoms with Gasteiger partial charge in [0.15, 0.2) is 0 Å². The monoisotopic (exact) mass is 77.0 g/mol. The van der Waals surface area contributed by atoms with E-state index >= 15 is 0 Å². The molecule has 0 bridgehead atoms. The van der Waals surface area contributed by atoms with Crippen LogP contribution in [0, 0.1) is 0 Å². The van der Waals surface area contributed by atoms with Crippen LogP contribution in [0.15, 0.2) is 0 Å². The molecule has 0 aliphatic carbocycles. The number of hydrogen-bond donors (Lipinski definition) is 1. The van der Waals surface area contributed by atoms with Crippen LogP contribution < -0.4 is 0 Å². The van der Waals surface area contributed by atoms with Crippen LogP contribution in [0.5, 0.6) is 0 Å². The number of aliphatic hydroxyl groups excluding tert-OH is 1. The Labute approximate surface area is 27.1 Å². The maximum atomic E-state index is 8.85. The van der Waals surface area contributed by atoms with E-state index in [-0.39, 0.29) is 11.3 Å². The van der Waals surface area contributed by atoms with Crippen LogP contribution >= 0.6 is 0 Å². The van der Waals surface area contributed by atoms with Crippen molar-refractivity contribution in [3.63, 3.8) is 0 Å². The van der Waals surface area contributed by atoms with Gasteiger partial charge in [-0.15, -0.1) is 0 Å². The van der Waals surface area contributed by atoms with Crippen LogP contribution in [0.3, 0.4) is 0 Å². The van der Waals surface area contributed by atoms with E-state index in [0.29, 0.717) is 0 Å². The van der Waals surface area contributed by atoms with E-state index in [0.717, 1.165) is 0 Å². The van der Waals surface area contributed by atoms with Gasteiger partial charge >= 0.3 is 0 Å². The van der Waals surface area contributed by atoms with Crippen LogP contribution in [0.4, 0.5) is 0 Å². The first-order valence-corrected chi connectivity index (χ1v) is 1.34. The number of rotatable bonds is 0. The molecule has 4 heavy (non-hydrogen) atoms. The third-order valence-corrected chi connectivity index (χ3v) is 0.112. The lowest BCUT2D eigenvalue weighted by atomic mass is 11.8. The minimum atomic E-state index is -0.0880. The summed E-state index contributed by atoms with van der Waals surface area (Å²) in [5.74, 6) is 0. The second-order valence-corrected chi connectivity index (χ2v) is 0.524. The van der Waals surface area contributed by atoms with Crippen molar-refractivity contribution < 1.29 is 9.32 Å². The molecule has 0 fully saturated rings. The lowest BCUT2D eigenvalue weighted by molar-refractivity contribution is 0.591. The summed E-state index contributed by atoms with van der Waals surface area (Å²) < 4.78 is 8.85. The van der Waals surface area contributed by atoms with Crippen molar-refractivity contribution in [2.75, 3.05) is 0 Å². The predicted octanol–water partition coefficient (Wildman–Crippen LogP) is -0.606. The molecular formula is CHO2S. The molecule has 0 rings (SSSR count). The molecule has 23 valence electrons. The highest BCUT2D eigenvalue weighted by Gasteiger charge is 1.35. The van der Waals surface area contributed by atoms with Gasteiger partial charge in [0.1, 0.15) is 11.3 Å². The molecule has 0 saturated carbocycles. The molecule has 2 nitrogen and oxygen atoms in total. The Balaban J connectivity index is 3.11. The van der Waals surface area contributed by atoms with E-state index in [1.807, 2.05) is 0 Å². The molecule has 0 amide bonds. The lowest BCUT2D eigenvalue weighted by Gasteiger charge is -1.32. The molecule has 0 aliphatic heterocycles. The van der Waals surface area contributed by atoms with E-state index in [1.165, 1.54) is 5.55 Å². The minimum Gasteiger partial charge on any atom is -0.347 e. The first-order valence-electron chi connectivity index (χ1n) is 0.594. The van der Waals surface area contributed by atoms with Gasteiger partial charge in [-0.2, -0.15) is 0 Å². The standard InChI is InChI=1S/CHO2S/c2-1-4-3/h2H. The summed E-state index contributed by atoms with van der Waals surface area (Å²) >= 11 is -0.0880. The second kappa shape index (κ2) is 2.85. The van der Waals surface area contributed by atoms with E-state index in [2.05, 4.69) is 0 Å². The quantitative estimate of drug-likeness (QED) is 0.392. The highest BCUT2D eigenvalue weighted by atomic mass is 32.1. The van der Waals surface area contributed by atoms with Gasteiger partial charge in [-0.1, -0.05) is 0 Å². The Morgan fingerprint density at radius 3 is 2.25 bits per heavy atom. The van der Waals surface area contributed by atoms with Crippen LogP contribution in [0.25, 0.3) is 0 Å². The molecule has 0 aromatic heterocycles. The fourth-order valence-electron chi connectivity index (χ4n) is 0. The van der Waals surface area contributed by atoms with Gasteiger partial charge in [0, 0.05) is 0 Å². The molecule has 0 unspecified atom stereocenters. The van der Waals surface area contributed by atoms with Crippen molar-refractivity contribution in [3.8, 4) is 0 Å². The molecule has 1 N–H and O–H groups in total. The minimum absolute atomic E-state index is 0.0880. The Hall–Kier alpha value is -0.150. The van der Waals surface area contributed by atoms with Crippen molar-refractivity contribution in [1.29, 1.82) is 0 Å². The first-order chi connectivity index (χ1) is 1.91. The van der Waals surface area contributed by atoms with Gasteiger partial charge < -0.3 is 5.11 Å². The molecule has 0 aromatic rings. The summed E-state index contributed by atoms with van der Waals surface area (Å²) in [5.41, 5.74) is 1.29. The Bertz CT molecular complexity index is 44.0. The van der Waals surface area contributed by atoms with Crippen LogP contribution in [0.1, 0.15) is 0 Å². The van der Waals surface area contributed by atoms with Crippen LogP contribution in [-0.4, -0.2) is 14.9 Å². The maximum Gasteiger partial charge on any atom is 0.211 e. The predicted molar refractivity (Wildman–Crippen MR) is 15.8 cm³/mol. The molecule has 0 saturated heterocycles. The summed E-state index contributed by atoms with van der Waals surface area (Å²) in [6.07, 6.45) is 0. The van der Waals surface area contributed by atoms with Gasteiger partial charge in [-0.3, -0.25) is 0 Å². The van der Waals surface area contributed by atoms with Crippen molar-refractivity contribution in [2.24, 2.45) is 0 Å². The van der Waals surface area contributed by atoms with Gasteiger partial charge in [-0.05, 0) is 0 Å². The van der Waals surface area contributed by atoms with Crippen molar-refractivity contribution in [1.82, 2.24) is 0 Å². The summed E-state index contributed by atoms with van der Waals surface area (Å²) in [7, 11) is 0. The fourth-order valence-corrected chi connectivity index (χ4v) is 0. The van der Waals surface area contributed by atoms with Gasteiger partial charge in [0.2, 0.25) is 5.55 Å². The smallest absolute Gasteiger partial charge is 0.211 e. The average Bonchev–Trinajstić information content (AvgIpc) is 1.37. The van der Waals surface area contributed by atoms with Crippen LogP contribution in [0.2, 0.25) is 0 Å². The average molecular weight is 77.1 g/mol. The Kier molecular flexibility index (Phi) is 2.74. The Morgan fingerprint density at radius 2 is 2.25 bits per heavy atom. The molecule has 0 spiro atoms. The third-order valence-electron chi connectivity index (χ3n) is 0.0373. The first kappa shape index (κ1) is 3.85. The summed E-state index contributed by atoms with van der Waals surface area (Å²) in [4.78, 5) is 0. The molecule has 3 heteroatoms. The maximum absolute atomic E-state index is 8.85. The highest BCUT2D eigenvalue weighted by Crippen LogP contribution is 1.10. The van der Waals surface area contributed by atoms with Crippen molar-refractivity contribution >= 4 is 16.8 Å². The fraction of sp³-hybridized carbons (Fsp3) is 0. The molecule has 0 heterocycles. The van der Waals surface area contributed by atoms with Gasteiger partial charge in [0.05, 0.1) is 0 Å². The van der Waals surface area contributed by atoms with E-state index in [9.17, 15) is 0 Å². The molecule has 0 aliphatic rings. The van der Waals surface area contributed by atoms with Crippen molar-refractivity contribution in [3.05, 3.63) is 0 Å². The van der Waals surface area contributed by atoms with Gasteiger partial charge in [-0.25, -0.2) is 4.21 Å². The summed E-state index contributed by atoms with van der Waals surface area (Å²) in [6.45, 7) is 0. The second-order valence-electron chi connectivity index (χ2n) is 0.175. The topological polar surface area (TPSA) is 37.3 Å². The molecule has 1 radical (unpaired) electrons. The number of aliphatic hydroxyl groups is 1. The third kappa shape index (κ3) is 1.85.